The topological polar surface area (TPSA) is 108 Å². The van der Waals surface area contributed by atoms with Crippen molar-refractivity contribution in [2.24, 2.45) is 0 Å². The molecule has 2 aromatic heterocycles. The molecule has 0 bridgehead atoms. The Balaban J connectivity index is 1.59. The van der Waals surface area contributed by atoms with Crippen LogP contribution in [0.5, 0.6) is 0 Å². The minimum absolute atomic E-state index is 0.0306. The van der Waals surface area contributed by atoms with E-state index in [2.05, 4.69) is 15.0 Å². The van der Waals surface area contributed by atoms with Crippen molar-refractivity contribution in [3.05, 3.63) is 58.4 Å². The van der Waals surface area contributed by atoms with Gasteiger partial charge >= 0.3 is 0 Å². The van der Waals surface area contributed by atoms with E-state index in [0.717, 1.165) is 36.8 Å². The van der Waals surface area contributed by atoms with Gasteiger partial charge in [0.1, 0.15) is 0 Å². The minimum Gasteiger partial charge on any atom is -0.396 e. The molecule has 7 heteroatoms. The fourth-order valence-corrected chi connectivity index (χ4v) is 4.02. The van der Waals surface area contributed by atoms with Crippen LogP contribution < -0.4 is 11.3 Å². The summed E-state index contributed by atoms with van der Waals surface area (Å²) in [5, 5.41) is 0.768. The molecule has 0 saturated carbocycles. The quantitative estimate of drug-likeness (QED) is 0.490. The first-order chi connectivity index (χ1) is 14.1. The van der Waals surface area contributed by atoms with Crippen molar-refractivity contribution >= 4 is 33.5 Å². The van der Waals surface area contributed by atoms with Gasteiger partial charge < -0.3 is 20.6 Å². The first-order valence-electron chi connectivity index (χ1n) is 9.82. The molecule has 0 unspecified atom stereocenters. The average Bonchev–Trinajstić information content (AvgIpc) is 3.09. The number of amides is 1. The van der Waals surface area contributed by atoms with Crippen LogP contribution in [-0.4, -0.2) is 38.8 Å². The Labute approximate surface area is 166 Å². The van der Waals surface area contributed by atoms with Crippen molar-refractivity contribution in [3.63, 3.8) is 0 Å². The van der Waals surface area contributed by atoms with Crippen LogP contribution in [0.2, 0.25) is 0 Å². The summed E-state index contributed by atoms with van der Waals surface area (Å²) in [4.78, 5) is 37.9. The summed E-state index contributed by atoms with van der Waals surface area (Å²) >= 11 is 0. The molecule has 7 nitrogen and oxygen atoms in total. The van der Waals surface area contributed by atoms with Gasteiger partial charge in [0.2, 0.25) is 0 Å². The maximum atomic E-state index is 12.8. The molecule has 1 aliphatic rings. The number of aromatic nitrogens is 3. The zero-order chi connectivity index (χ0) is 20.0. The smallest absolute Gasteiger partial charge is 0.276 e. The average molecular weight is 387 g/mol. The second-order valence-electron chi connectivity index (χ2n) is 7.46. The Hall–Kier alpha value is -3.61. The lowest BCUT2D eigenvalue weighted by Crippen LogP contribution is -2.35. The zero-order valence-electron chi connectivity index (χ0n) is 15.9. The lowest BCUT2D eigenvalue weighted by atomic mass is 10.1. The van der Waals surface area contributed by atoms with Gasteiger partial charge in [0.25, 0.3) is 11.5 Å². The summed E-state index contributed by atoms with van der Waals surface area (Å²) in [5.41, 5.74) is 9.86. The van der Waals surface area contributed by atoms with Crippen molar-refractivity contribution in [3.8, 4) is 11.4 Å². The fourth-order valence-electron chi connectivity index (χ4n) is 4.02. The number of fused-ring (bicyclic) bond motifs is 2. The SMILES string of the molecule is Nc1c(-c2nc3ccccc3[nH]c2=O)[nH]c2cc(C(=O)N3CCCCC3)ccc12. The number of aromatic amines is 2. The van der Waals surface area contributed by atoms with Gasteiger partial charge in [-0.1, -0.05) is 12.1 Å². The minimum atomic E-state index is -0.313. The van der Waals surface area contributed by atoms with Crippen LogP contribution in [0, 0.1) is 0 Å². The Bertz CT molecular complexity index is 1300. The number of H-pyrrole nitrogens is 2. The monoisotopic (exact) mass is 387 g/mol. The van der Waals surface area contributed by atoms with Crippen LogP contribution in [0.25, 0.3) is 33.3 Å². The van der Waals surface area contributed by atoms with Crippen molar-refractivity contribution in [2.45, 2.75) is 19.3 Å². The van der Waals surface area contributed by atoms with E-state index in [-0.39, 0.29) is 17.2 Å². The van der Waals surface area contributed by atoms with E-state index in [1.807, 2.05) is 29.2 Å². The number of benzene rings is 2. The first kappa shape index (κ1) is 17.5. The summed E-state index contributed by atoms with van der Waals surface area (Å²) in [7, 11) is 0. The zero-order valence-corrected chi connectivity index (χ0v) is 15.9. The number of nitrogen functional groups attached to an aromatic ring is 1. The molecule has 1 fully saturated rings. The lowest BCUT2D eigenvalue weighted by Gasteiger charge is -2.26. The van der Waals surface area contributed by atoms with E-state index < -0.39 is 0 Å². The summed E-state index contributed by atoms with van der Waals surface area (Å²) in [6.45, 7) is 1.59. The standard InChI is InChI=1S/C22H21N5O2/c23-18-14-9-8-13(22(29)27-10-4-1-5-11-27)12-17(14)25-19(18)20-21(28)26-16-7-3-2-6-15(16)24-20/h2-3,6-9,12,25H,1,4-5,10-11,23H2,(H,26,28). The summed E-state index contributed by atoms with van der Waals surface area (Å²) < 4.78 is 0. The second-order valence-corrected chi connectivity index (χ2v) is 7.46. The van der Waals surface area contributed by atoms with Gasteiger partial charge in [0.05, 0.1) is 22.4 Å². The highest BCUT2D eigenvalue weighted by molar-refractivity contribution is 6.04. The molecule has 3 heterocycles. The molecular weight excluding hydrogens is 366 g/mol. The first-order valence-corrected chi connectivity index (χ1v) is 9.82. The number of carbonyl (C=O) groups is 1. The number of anilines is 1. The summed E-state index contributed by atoms with van der Waals surface area (Å²) in [6.07, 6.45) is 3.26. The van der Waals surface area contributed by atoms with Crippen LogP contribution >= 0.6 is 0 Å². The molecule has 5 rings (SSSR count). The predicted molar refractivity (Wildman–Crippen MR) is 114 cm³/mol. The molecule has 0 radical (unpaired) electrons. The van der Waals surface area contributed by atoms with Crippen molar-refractivity contribution in [2.75, 3.05) is 18.8 Å². The maximum absolute atomic E-state index is 12.8. The number of nitrogens with two attached hydrogens (primary N) is 1. The van der Waals surface area contributed by atoms with Crippen LogP contribution in [0.3, 0.4) is 0 Å². The molecular formula is C22H21N5O2. The molecule has 0 spiro atoms. The lowest BCUT2D eigenvalue weighted by molar-refractivity contribution is 0.0724. The normalized spacial score (nSPS) is 14.6. The Morgan fingerprint density at radius 1 is 1.00 bits per heavy atom. The van der Waals surface area contributed by atoms with E-state index in [4.69, 9.17) is 5.73 Å². The van der Waals surface area contributed by atoms with Gasteiger partial charge in [0.15, 0.2) is 5.69 Å². The van der Waals surface area contributed by atoms with E-state index in [0.29, 0.717) is 28.0 Å². The third-order valence-corrected chi connectivity index (χ3v) is 5.57. The maximum Gasteiger partial charge on any atom is 0.276 e. The summed E-state index contributed by atoms with van der Waals surface area (Å²) in [6, 6.07) is 12.8. The number of carbonyl (C=O) groups excluding carboxylic acids is 1. The second kappa shape index (κ2) is 6.77. The number of rotatable bonds is 2. The predicted octanol–water partition coefficient (Wildman–Crippen LogP) is 3.28. The van der Waals surface area contributed by atoms with Gasteiger partial charge in [-0.05, 0) is 49.6 Å². The number of likely N-dealkylation sites (tertiary alicyclic amines) is 1. The van der Waals surface area contributed by atoms with E-state index in [1.54, 1.807) is 18.2 Å². The van der Waals surface area contributed by atoms with Gasteiger partial charge in [-0.25, -0.2) is 4.98 Å². The molecule has 1 aliphatic heterocycles. The van der Waals surface area contributed by atoms with Crippen molar-refractivity contribution in [1.29, 1.82) is 0 Å². The third kappa shape index (κ3) is 2.95. The number of para-hydroxylation sites is 2. The molecule has 2 aromatic carbocycles. The van der Waals surface area contributed by atoms with Gasteiger partial charge in [-0.2, -0.15) is 0 Å². The van der Waals surface area contributed by atoms with Gasteiger partial charge in [0, 0.05) is 29.6 Å². The third-order valence-electron chi connectivity index (χ3n) is 5.57. The number of hydrogen-bond donors (Lipinski definition) is 3. The van der Waals surface area contributed by atoms with Gasteiger partial charge in [-0.3, -0.25) is 9.59 Å². The highest BCUT2D eigenvalue weighted by Gasteiger charge is 2.20. The van der Waals surface area contributed by atoms with Crippen molar-refractivity contribution in [1.82, 2.24) is 19.9 Å². The van der Waals surface area contributed by atoms with Crippen LogP contribution in [0.15, 0.2) is 47.3 Å². The Morgan fingerprint density at radius 2 is 1.79 bits per heavy atom. The van der Waals surface area contributed by atoms with Crippen LogP contribution in [-0.2, 0) is 0 Å². The Kier molecular flexibility index (Phi) is 4.08. The molecule has 4 N–H and O–H groups in total. The van der Waals surface area contributed by atoms with Crippen molar-refractivity contribution < 1.29 is 4.79 Å². The molecule has 1 amide bonds. The van der Waals surface area contributed by atoms with E-state index >= 15 is 0 Å². The fraction of sp³-hybridized carbons (Fsp3) is 0.227. The Morgan fingerprint density at radius 3 is 2.62 bits per heavy atom. The molecule has 29 heavy (non-hydrogen) atoms. The van der Waals surface area contributed by atoms with Crippen LogP contribution in [0.1, 0.15) is 29.6 Å². The van der Waals surface area contributed by atoms with E-state index in [9.17, 15) is 9.59 Å². The van der Waals surface area contributed by atoms with Crippen LogP contribution in [0.4, 0.5) is 5.69 Å². The molecule has 146 valence electrons. The number of piperidine rings is 1. The van der Waals surface area contributed by atoms with Gasteiger partial charge in [-0.15, -0.1) is 0 Å². The molecule has 1 saturated heterocycles. The number of hydrogen-bond acceptors (Lipinski definition) is 4. The highest BCUT2D eigenvalue weighted by atomic mass is 16.2. The molecule has 4 aromatic rings. The van der Waals surface area contributed by atoms with E-state index in [1.165, 1.54) is 6.42 Å². The largest absolute Gasteiger partial charge is 0.396 e. The number of nitrogens with one attached hydrogen (secondary N) is 2. The highest BCUT2D eigenvalue weighted by Crippen LogP contribution is 2.31. The molecule has 0 atom stereocenters. The molecule has 0 aliphatic carbocycles. The number of nitrogens with zero attached hydrogens (tertiary/aromatic N) is 2. The summed E-state index contributed by atoms with van der Waals surface area (Å²) in [5.74, 6) is 0.0306.